The highest BCUT2D eigenvalue weighted by atomic mass is 32.1. The number of benzene rings is 3. The predicted molar refractivity (Wildman–Crippen MR) is 107 cm³/mol. The lowest BCUT2D eigenvalue weighted by atomic mass is 10.1. The minimum Gasteiger partial charge on any atom is -0.285 e. The summed E-state index contributed by atoms with van der Waals surface area (Å²) in [5.74, 6) is 5.60. The van der Waals surface area contributed by atoms with Crippen LogP contribution in [-0.4, -0.2) is 10.8 Å². The largest absolute Gasteiger partial charge is 0.285 e. The number of carbonyl (C=O) groups excluding carboxylic acids is 1. The van der Waals surface area contributed by atoms with Crippen molar-refractivity contribution in [3.8, 4) is 22.4 Å². The monoisotopic (exact) mass is 353 g/mol. The SMILES string of the molecule is O=C(C#Cc1ccc(-c2nc3ccccc3s2)cc1)Cc1ccccc1. The summed E-state index contributed by atoms with van der Waals surface area (Å²) in [6.45, 7) is 0. The highest BCUT2D eigenvalue weighted by Gasteiger charge is 2.05. The number of para-hydroxylation sites is 1. The molecule has 0 fully saturated rings. The van der Waals surface area contributed by atoms with E-state index in [0.717, 1.165) is 27.2 Å². The Bertz CT molecular complexity index is 1080. The third-order valence-corrected chi connectivity index (χ3v) is 5.06. The van der Waals surface area contributed by atoms with Crippen molar-refractivity contribution in [2.45, 2.75) is 6.42 Å². The van der Waals surface area contributed by atoms with Crippen molar-refractivity contribution in [1.29, 1.82) is 0 Å². The molecule has 2 nitrogen and oxygen atoms in total. The number of rotatable bonds is 3. The molecule has 124 valence electrons. The molecular formula is C23H15NOS. The van der Waals surface area contributed by atoms with Gasteiger partial charge in [0, 0.05) is 17.5 Å². The summed E-state index contributed by atoms with van der Waals surface area (Å²) in [4.78, 5) is 16.7. The van der Waals surface area contributed by atoms with Gasteiger partial charge in [0.2, 0.25) is 5.78 Å². The zero-order valence-electron chi connectivity index (χ0n) is 14.0. The maximum Gasteiger partial charge on any atom is 0.210 e. The Labute approximate surface area is 156 Å². The molecule has 26 heavy (non-hydrogen) atoms. The Morgan fingerprint density at radius 2 is 1.62 bits per heavy atom. The van der Waals surface area contributed by atoms with Crippen LogP contribution in [0.5, 0.6) is 0 Å². The number of fused-ring (bicyclic) bond motifs is 1. The molecular weight excluding hydrogens is 338 g/mol. The van der Waals surface area contributed by atoms with E-state index in [1.165, 1.54) is 4.70 Å². The Morgan fingerprint density at radius 3 is 2.38 bits per heavy atom. The molecule has 0 N–H and O–H groups in total. The summed E-state index contributed by atoms with van der Waals surface area (Å²) in [5, 5.41) is 0.992. The molecule has 0 aliphatic rings. The number of aromatic nitrogens is 1. The molecule has 1 heterocycles. The number of hydrogen-bond acceptors (Lipinski definition) is 3. The second kappa shape index (κ2) is 7.35. The molecule has 3 heteroatoms. The molecule has 4 aromatic rings. The summed E-state index contributed by atoms with van der Waals surface area (Å²) >= 11 is 1.67. The molecule has 4 rings (SSSR count). The van der Waals surface area contributed by atoms with Crippen LogP contribution in [0.4, 0.5) is 0 Å². The average Bonchev–Trinajstić information content (AvgIpc) is 3.12. The maximum atomic E-state index is 12.0. The minimum absolute atomic E-state index is 0.0774. The molecule has 1 aromatic heterocycles. The molecule has 3 aromatic carbocycles. The number of Topliss-reactive ketones (excluding diaryl/α,β-unsaturated/α-hetero) is 1. The highest BCUT2D eigenvalue weighted by Crippen LogP contribution is 2.29. The summed E-state index contributed by atoms with van der Waals surface area (Å²) in [7, 11) is 0. The second-order valence-corrected chi connectivity index (χ2v) is 6.93. The fraction of sp³-hybridized carbons (Fsp3) is 0.0435. The van der Waals surface area contributed by atoms with E-state index in [2.05, 4.69) is 22.9 Å². The van der Waals surface area contributed by atoms with Crippen molar-refractivity contribution in [3.05, 3.63) is 90.0 Å². The van der Waals surface area contributed by atoms with Crippen LogP contribution in [0.25, 0.3) is 20.8 Å². The molecule has 0 saturated carbocycles. The van der Waals surface area contributed by atoms with Gasteiger partial charge in [-0.2, -0.15) is 0 Å². The quantitative estimate of drug-likeness (QED) is 0.478. The lowest BCUT2D eigenvalue weighted by Crippen LogP contribution is -1.98. The van der Waals surface area contributed by atoms with Gasteiger partial charge in [-0.15, -0.1) is 11.3 Å². The van der Waals surface area contributed by atoms with Crippen molar-refractivity contribution >= 4 is 27.3 Å². The molecule has 0 saturated heterocycles. The third kappa shape index (κ3) is 3.72. The van der Waals surface area contributed by atoms with Crippen LogP contribution in [0.2, 0.25) is 0 Å². The van der Waals surface area contributed by atoms with Gasteiger partial charge in [-0.3, -0.25) is 4.79 Å². The molecule has 0 radical (unpaired) electrons. The molecule has 0 aliphatic carbocycles. The van der Waals surface area contributed by atoms with Gasteiger partial charge in [0.05, 0.1) is 10.2 Å². The Hall–Kier alpha value is -3.22. The van der Waals surface area contributed by atoms with Crippen LogP contribution in [-0.2, 0) is 11.2 Å². The molecule has 0 atom stereocenters. The van der Waals surface area contributed by atoms with E-state index in [1.54, 1.807) is 11.3 Å². The van der Waals surface area contributed by atoms with Gasteiger partial charge in [-0.05, 0) is 35.7 Å². The van der Waals surface area contributed by atoms with E-state index in [0.29, 0.717) is 6.42 Å². The molecule has 0 amide bonds. The summed E-state index contributed by atoms with van der Waals surface area (Å²) in [6.07, 6.45) is 0.345. The lowest BCUT2D eigenvalue weighted by Gasteiger charge is -1.96. The Balaban J connectivity index is 1.49. The van der Waals surface area contributed by atoms with Gasteiger partial charge in [0.1, 0.15) is 5.01 Å². The van der Waals surface area contributed by atoms with Gasteiger partial charge in [0.15, 0.2) is 0 Å². The van der Waals surface area contributed by atoms with Gasteiger partial charge in [-0.25, -0.2) is 4.98 Å². The number of carbonyl (C=O) groups is 1. The van der Waals surface area contributed by atoms with E-state index >= 15 is 0 Å². The first-order valence-corrected chi connectivity index (χ1v) is 9.14. The van der Waals surface area contributed by atoms with Crippen molar-refractivity contribution in [3.63, 3.8) is 0 Å². The van der Waals surface area contributed by atoms with Gasteiger partial charge >= 0.3 is 0 Å². The average molecular weight is 353 g/mol. The van der Waals surface area contributed by atoms with E-state index < -0.39 is 0 Å². The topological polar surface area (TPSA) is 30.0 Å². The smallest absolute Gasteiger partial charge is 0.210 e. The Morgan fingerprint density at radius 1 is 0.885 bits per heavy atom. The summed E-state index contributed by atoms with van der Waals surface area (Å²) < 4.78 is 1.18. The van der Waals surface area contributed by atoms with Crippen molar-refractivity contribution in [1.82, 2.24) is 4.98 Å². The fourth-order valence-corrected chi connectivity index (χ4v) is 3.63. The third-order valence-electron chi connectivity index (χ3n) is 3.98. The van der Waals surface area contributed by atoms with E-state index in [9.17, 15) is 4.79 Å². The molecule has 0 spiro atoms. The van der Waals surface area contributed by atoms with Gasteiger partial charge in [0.25, 0.3) is 0 Å². The van der Waals surface area contributed by atoms with Gasteiger partial charge in [-0.1, -0.05) is 60.5 Å². The van der Waals surface area contributed by atoms with E-state index in [1.807, 2.05) is 72.8 Å². The second-order valence-electron chi connectivity index (χ2n) is 5.90. The number of hydrogen-bond donors (Lipinski definition) is 0. The van der Waals surface area contributed by atoms with Crippen LogP contribution in [0.3, 0.4) is 0 Å². The van der Waals surface area contributed by atoms with Gasteiger partial charge < -0.3 is 0 Å². The van der Waals surface area contributed by atoms with Crippen LogP contribution in [0.1, 0.15) is 11.1 Å². The van der Waals surface area contributed by atoms with E-state index in [-0.39, 0.29) is 5.78 Å². The first kappa shape index (κ1) is 16.3. The molecule has 0 aliphatic heterocycles. The fourth-order valence-electron chi connectivity index (χ4n) is 2.66. The van der Waals surface area contributed by atoms with Crippen molar-refractivity contribution < 1.29 is 4.79 Å². The Kier molecular flexibility index (Phi) is 4.59. The normalized spacial score (nSPS) is 10.3. The summed E-state index contributed by atoms with van der Waals surface area (Å²) in [6, 6.07) is 25.7. The summed E-state index contributed by atoms with van der Waals surface area (Å²) in [5.41, 5.74) is 3.89. The number of ketones is 1. The first-order valence-electron chi connectivity index (χ1n) is 8.33. The lowest BCUT2D eigenvalue weighted by molar-refractivity contribution is -0.113. The first-order chi connectivity index (χ1) is 12.8. The number of thiazole rings is 1. The van der Waals surface area contributed by atoms with Crippen molar-refractivity contribution in [2.75, 3.05) is 0 Å². The van der Waals surface area contributed by atoms with Crippen LogP contribution < -0.4 is 0 Å². The van der Waals surface area contributed by atoms with E-state index in [4.69, 9.17) is 0 Å². The standard InChI is InChI=1S/C23H15NOS/c25-20(16-18-6-2-1-3-7-18)15-12-17-10-13-19(14-11-17)23-24-21-8-4-5-9-22(21)26-23/h1-11,13-14H,16H2. The number of nitrogens with zero attached hydrogens (tertiary/aromatic N) is 1. The highest BCUT2D eigenvalue weighted by molar-refractivity contribution is 7.21. The zero-order chi connectivity index (χ0) is 17.8. The van der Waals surface area contributed by atoms with Crippen LogP contribution in [0.15, 0.2) is 78.9 Å². The molecule has 0 unspecified atom stereocenters. The maximum absolute atomic E-state index is 12.0. The minimum atomic E-state index is -0.0774. The van der Waals surface area contributed by atoms with Crippen LogP contribution >= 0.6 is 11.3 Å². The van der Waals surface area contributed by atoms with Crippen LogP contribution in [0, 0.1) is 11.8 Å². The molecule has 0 bridgehead atoms. The predicted octanol–water partition coefficient (Wildman–Crippen LogP) is 5.13. The van der Waals surface area contributed by atoms with Crippen molar-refractivity contribution in [2.24, 2.45) is 0 Å². The zero-order valence-corrected chi connectivity index (χ0v) is 14.8.